The lowest BCUT2D eigenvalue weighted by Gasteiger charge is -2.34. The van der Waals surface area contributed by atoms with Crippen molar-refractivity contribution < 1.29 is 9.59 Å². The van der Waals surface area contributed by atoms with Gasteiger partial charge in [0.2, 0.25) is 11.8 Å². The number of piperazine rings is 1. The molecule has 0 atom stereocenters. The summed E-state index contributed by atoms with van der Waals surface area (Å²) in [5.74, 6) is -0.191. The quantitative estimate of drug-likeness (QED) is 0.763. The van der Waals surface area contributed by atoms with E-state index >= 15 is 0 Å². The highest BCUT2D eigenvalue weighted by Gasteiger charge is 2.21. The van der Waals surface area contributed by atoms with Crippen LogP contribution in [0.3, 0.4) is 0 Å². The highest BCUT2D eigenvalue weighted by molar-refractivity contribution is 5.84. The Morgan fingerprint density at radius 2 is 1.77 bits per heavy atom. The molecular formula is C16H24N4O2. The van der Waals surface area contributed by atoms with E-state index in [1.165, 1.54) is 5.56 Å². The van der Waals surface area contributed by atoms with Gasteiger partial charge in [-0.25, -0.2) is 0 Å². The number of carbonyl (C=O) groups is 2. The molecule has 6 nitrogen and oxygen atoms in total. The number of rotatable bonds is 6. The summed E-state index contributed by atoms with van der Waals surface area (Å²) in [5, 5.41) is 2.61. The normalized spacial score (nSPS) is 15.6. The van der Waals surface area contributed by atoms with Crippen LogP contribution in [0, 0.1) is 0 Å². The summed E-state index contributed by atoms with van der Waals surface area (Å²) in [5.41, 5.74) is 6.58. The SMILES string of the molecule is NCCC(=O)NCC(=O)N1CCN(Cc2ccccc2)CC1. The van der Waals surface area contributed by atoms with Crippen LogP contribution in [-0.4, -0.2) is 60.9 Å². The van der Waals surface area contributed by atoms with Gasteiger partial charge in [0.15, 0.2) is 0 Å². The van der Waals surface area contributed by atoms with Crippen LogP contribution in [0.25, 0.3) is 0 Å². The van der Waals surface area contributed by atoms with E-state index in [0.717, 1.165) is 19.6 Å². The first kappa shape index (κ1) is 16.5. The van der Waals surface area contributed by atoms with Crippen molar-refractivity contribution in [2.75, 3.05) is 39.3 Å². The molecule has 120 valence electrons. The molecule has 3 N–H and O–H groups in total. The van der Waals surface area contributed by atoms with Crippen LogP contribution in [0.4, 0.5) is 0 Å². The number of amides is 2. The predicted molar refractivity (Wildman–Crippen MR) is 85.0 cm³/mol. The molecule has 1 heterocycles. The first-order valence-corrected chi connectivity index (χ1v) is 7.70. The van der Waals surface area contributed by atoms with Crippen LogP contribution in [-0.2, 0) is 16.1 Å². The second kappa shape index (κ2) is 8.51. The van der Waals surface area contributed by atoms with Crippen molar-refractivity contribution in [3.63, 3.8) is 0 Å². The first-order chi connectivity index (χ1) is 10.7. The molecule has 2 rings (SSSR count). The molecule has 1 aliphatic heterocycles. The zero-order chi connectivity index (χ0) is 15.8. The van der Waals surface area contributed by atoms with Gasteiger partial charge in [0.25, 0.3) is 0 Å². The molecular weight excluding hydrogens is 280 g/mol. The number of carbonyl (C=O) groups excluding carboxylic acids is 2. The first-order valence-electron chi connectivity index (χ1n) is 7.70. The van der Waals surface area contributed by atoms with Gasteiger partial charge in [-0.3, -0.25) is 14.5 Å². The maximum atomic E-state index is 12.0. The fourth-order valence-corrected chi connectivity index (χ4v) is 2.50. The van der Waals surface area contributed by atoms with Crippen LogP contribution in [0.2, 0.25) is 0 Å². The number of nitrogens with zero attached hydrogens (tertiary/aromatic N) is 2. The lowest BCUT2D eigenvalue weighted by Crippen LogP contribution is -2.50. The maximum Gasteiger partial charge on any atom is 0.242 e. The van der Waals surface area contributed by atoms with Crippen LogP contribution >= 0.6 is 0 Å². The molecule has 1 aromatic carbocycles. The zero-order valence-electron chi connectivity index (χ0n) is 12.8. The Morgan fingerprint density at radius 1 is 1.09 bits per heavy atom. The molecule has 1 saturated heterocycles. The molecule has 22 heavy (non-hydrogen) atoms. The van der Waals surface area contributed by atoms with Crippen LogP contribution in [0.1, 0.15) is 12.0 Å². The monoisotopic (exact) mass is 304 g/mol. The highest BCUT2D eigenvalue weighted by atomic mass is 16.2. The van der Waals surface area contributed by atoms with Crippen molar-refractivity contribution in [1.82, 2.24) is 15.1 Å². The Bertz CT molecular complexity index is 484. The topological polar surface area (TPSA) is 78.7 Å². The lowest BCUT2D eigenvalue weighted by molar-refractivity contribution is -0.134. The average Bonchev–Trinajstić information content (AvgIpc) is 2.54. The molecule has 0 aliphatic carbocycles. The Kier molecular flexibility index (Phi) is 6.36. The third-order valence-electron chi connectivity index (χ3n) is 3.78. The molecule has 0 spiro atoms. The Balaban J connectivity index is 1.70. The van der Waals surface area contributed by atoms with E-state index in [1.54, 1.807) is 0 Å². The van der Waals surface area contributed by atoms with Gasteiger partial charge in [0.1, 0.15) is 0 Å². The number of hydrogen-bond donors (Lipinski definition) is 2. The smallest absolute Gasteiger partial charge is 0.242 e. The Hall–Kier alpha value is -1.92. The van der Waals surface area contributed by atoms with Crippen molar-refractivity contribution in [3.05, 3.63) is 35.9 Å². The Labute approximate surface area is 131 Å². The van der Waals surface area contributed by atoms with Gasteiger partial charge >= 0.3 is 0 Å². The van der Waals surface area contributed by atoms with Crippen molar-refractivity contribution in [3.8, 4) is 0 Å². The summed E-state index contributed by atoms with van der Waals surface area (Å²) in [6.07, 6.45) is 0.262. The minimum absolute atomic E-state index is 0.0234. The van der Waals surface area contributed by atoms with Gasteiger partial charge in [-0.1, -0.05) is 30.3 Å². The molecule has 6 heteroatoms. The second-order valence-electron chi connectivity index (χ2n) is 5.46. The Morgan fingerprint density at radius 3 is 2.41 bits per heavy atom. The summed E-state index contributed by atoms with van der Waals surface area (Å²) >= 11 is 0. The summed E-state index contributed by atoms with van der Waals surface area (Å²) < 4.78 is 0. The fraction of sp³-hybridized carbons (Fsp3) is 0.500. The summed E-state index contributed by atoms with van der Waals surface area (Å²) in [7, 11) is 0. The van der Waals surface area contributed by atoms with Crippen LogP contribution in [0.15, 0.2) is 30.3 Å². The van der Waals surface area contributed by atoms with E-state index in [1.807, 2.05) is 23.1 Å². The third kappa shape index (κ3) is 5.13. The van der Waals surface area contributed by atoms with E-state index in [-0.39, 0.29) is 24.8 Å². The minimum atomic E-state index is -0.168. The molecule has 1 aliphatic rings. The summed E-state index contributed by atoms with van der Waals surface area (Å²) in [6.45, 7) is 4.41. The number of hydrogen-bond acceptors (Lipinski definition) is 4. The third-order valence-corrected chi connectivity index (χ3v) is 3.78. The van der Waals surface area contributed by atoms with Crippen molar-refractivity contribution in [1.29, 1.82) is 0 Å². The van der Waals surface area contributed by atoms with E-state index in [4.69, 9.17) is 5.73 Å². The number of nitrogens with one attached hydrogen (secondary N) is 1. The van der Waals surface area contributed by atoms with Crippen LogP contribution in [0.5, 0.6) is 0 Å². The highest BCUT2D eigenvalue weighted by Crippen LogP contribution is 2.08. The van der Waals surface area contributed by atoms with Gasteiger partial charge in [-0.05, 0) is 5.56 Å². The number of benzene rings is 1. The van der Waals surface area contributed by atoms with Gasteiger partial charge in [-0.2, -0.15) is 0 Å². The summed E-state index contributed by atoms with van der Waals surface area (Å²) in [4.78, 5) is 27.5. The standard InChI is InChI=1S/C16H24N4O2/c17-7-6-15(21)18-12-16(22)20-10-8-19(9-11-20)13-14-4-2-1-3-5-14/h1-5H,6-13,17H2,(H,18,21). The lowest BCUT2D eigenvalue weighted by atomic mass is 10.2. The van der Waals surface area contributed by atoms with Gasteiger partial charge < -0.3 is 16.0 Å². The molecule has 1 aromatic rings. The minimum Gasteiger partial charge on any atom is -0.347 e. The molecule has 2 amide bonds. The largest absolute Gasteiger partial charge is 0.347 e. The van der Waals surface area contributed by atoms with Gasteiger partial charge in [-0.15, -0.1) is 0 Å². The van der Waals surface area contributed by atoms with E-state index in [9.17, 15) is 9.59 Å². The molecule has 0 unspecified atom stereocenters. The number of nitrogens with two attached hydrogens (primary N) is 1. The zero-order valence-corrected chi connectivity index (χ0v) is 12.8. The second-order valence-corrected chi connectivity index (χ2v) is 5.46. The van der Waals surface area contributed by atoms with Crippen molar-refractivity contribution in [2.24, 2.45) is 5.73 Å². The predicted octanol–water partition coefficient (Wildman–Crippen LogP) is -0.204. The van der Waals surface area contributed by atoms with E-state index in [2.05, 4.69) is 22.3 Å². The van der Waals surface area contributed by atoms with E-state index in [0.29, 0.717) is 19.6 Å². The fourth-order valence-electron chi connectivity index (χ4n) is 2.50. The molecule has 0 radical (unpaired) electrons. The van der Waals surface area contributed by atoms with Crippen LogP contribution < -0.4 is 11.1 Å². The maximum absolute atomic E-state index is 12.0. The van der Waals surface area contributed by atoms with E-state index < -0.39 is 0 Å². The van der Waals surface area contributed by atoms with Gasteiger partial charge in [0, 0.05) is 45.7 Å². The summed E-state index contributed by atoms with van der Waals surface area (Å²) in [6, 6.07) is 10.3. The molecule has 0 aromatic heterocycles. The molecule has 0 bridgehead atoms. The molecule has 0 saturated carbocycles. The van der Waals surface area contributed by atoms with Gasteiger partial charge in [0.05, 0.1) is 6.54 Å². The van der Waals surface area contributed by atoms with Crippen molar-refractivity contribution in [2.45, 2.75) is 13.0 Å². The average molecular weight is 304 g/mol. The molecule has 1 fully saturated rings. The van der Waals surface area contributed by atoms with Crippen molar-refractivity contribution >= 4 is 11.8 Å².